The standard InChI is InChI=1S/C15H20N2O2/c1-10-2-5-14(7-16-10)17-15(18)11-3-4-12-8-19-9-13(12)6-11/h3-4,6,10,14,16H,2,5,7-9H2,1H3,(H,17,18). The highest BCUT2D eigenvalue weighted by Crippen LogP contribution is 2.21. The van der Waals surface area contributed by atoms with Gasteiger partial charge in [0.15, 0.2) is 0 Å². The number of hydrogen-bond acceptors (Lipinski definition) is 3. The lowest BCUT2D eigenvalue weighted by Crippen LogP contribution is -2.48. The molecule has 2 atom stereocenters. The molecule has 0 aromatic heterocycles. The van der Waals surface area contributed by atoms with Gasteiger partial charge in [0.05, 0.1) is 13.2 Å². The number of nitrogens with one attached hydrogen (secondary N) is 2. The van der Waals surface area contributed by atoms with Crippen LogP contribution < -0.4 is 10.6 Å². The molecule has 0 spiro atoms. The molecule has 1 saturated heterocycles. The largest absolute Gasteiger partial charge is 0.372 e. The number of hydrogen-bond donors (Lipinski definition) is 2. The van der Waals surface area contributed by atoms with Crippen molar-refractivity contribution in [3.8, 4) is 0 Å². The van der Waals surface area contributed by atoms with Crippen LogP contribution >= 0.6 is 0 Å². The Hall–Kier alpha value is -1.39. The Labute approximate surface area is 113 Å². The first-order valence-corrected chi connectivity index (χ1v) is 6.96. The van der Waals surface area contributed by atoms with E-state index in [-0.39, 0.29) is 11.9 Å². The van der Waals surface area contributed by atoms with E-state index in [0.717, 1.165) is 30.5 Å². The maximum atomic E-state index is 12.2. The molecule has 2 N–H and O–H groups in total. The van der Waals surface area contributed by atoms with E-state index in [0.29, 0.717) is 19.3 Å². The maximum absolute atomic E-state index is 12.2. The first kappa shape index (κ1) is 12.6. The van der Waals surface area contributed by atoms with Crippen LogP contribution in [0.4, 0.5) is 0 Å². The molecule has 1 amide bonds. The van der Waals surface area contributed by atoms with Crippen molar-refractivity contribution in [2.24, 2.45) is 0 Å². The summed E-state index contributed by atoms with van der Waals surface area (Å²) in [6.45, 7) is 4.33. The van der Waals surface area contributed by atoms with E-state index >= 15 is 0 Å². The van der Waals surface area contributed by atoms with Gasteiger partial charge in [-0.05, 0) is 43.0 Å². The predicted molar refractivity (Wildman–Crippen MR) is 72.9 cm³/mol. The van der Waals surface area contributed by atoms with E-state index < -0.39 is 0 Å². The minimum atomic E-state index is 0.0241. The summed E-state index contributed by atoms with van der Waals surface area (Å²) in [5.74, 6) is 0.0241. The van der Waals surface area contributed by atoms with E-state index in [2.05, 4.69) is 17.6 Å². The molecule has 2 heterocycles. The normalized spacial score (nSPS) is 25.9. The quantitative estimate of drug-likeness (QED) is 0.849. The van der Waals surface area contributed by atoms with Crippen molar-refractivity contribution >= 4 is 5.91 Å². The van der Waals surface area contributed by atoms with Gasteiger partial charge in [-0.1, -0.05) is 6.07 Å². The third-order valence-corrected chi connectivity index (χ3v) is 3.98. The number of ether oxygens (including phenoxy) is 1. The van der Waals surface area contributed by atoms with Crippen molar-refractivity contribution in [3.05, 3.63) is 34.9 Å². The van der Waals surface area contributed by atoms with Crippen LogP contribution in [0.15, 0.2) is 18.2 Å². The highest BCUT2D eigenvalue weighted by molar-refractivity contribution is 5.94. The molecule has 0 aliphatic carbocycles. The van der Waals surface area contributed by atoms with Gasteiger partial charge in [-0.15, -0.1) is 0 Å². The third-order valence-electron chi connectivity index (χ3n) is 3.98. The zero-order chi connectivity index (χ0) is 13.2. The van der Waals surface area contributed by atoms with Gasteiger partial charge in [-0.25, -0.2) is 0 Å². The molecular formula is C15H20N2O2. The van der Waals surface area contributed by atoms with Gasteiger partial charge in [0.2, 0.25) is 0 Å². The first-order valence-electron chi connectivity index (χ1n) is 6.96. The molecule has 2 aliphatic rings. The maximum Gasteiger partial charge on any atom is 0.251 e. The summed E-state index contributed by atoms with van der Waals surface area (Å²) in [6.07, 6.45) is 2.16. The Morgan fingerprint density at radius 1 is 1.32 bits per heavy atom. The minimum absolute atomic E-state index is 0.0241. The number of fused-ring (bicyclic) bond motifs is 1. The van der Waals surface area contributed by atoms with Gasteiger partial charge < -0.3 is 15.4 Å². The van der Waals surface area contributed by atoms with Crippen molar-refractivity contribution in [1.29, 1.82) is 0 Å². The van der Waals surface area contributed by atoms with Crippen LogP contribution in [0.25, 0.3) is 0 Å². The molecule has 4 nitrogen and oxygen atoms in total. The van der Waals surface area contributed by atoms with Gasteiger partial charge in [-0.2, -0.15) is 0 Å². The van der Waals surface area contributed by atoms with Crippen LogP contribution in [0.2, 0.25) is 0 Å². The van der Waals surface area contributed by atoms with Crippen LogP contribution in [0, 0.1) is 0 Å². The van der Waals surface area contributed by atoms with Gasteiger partial charge in [0.1, 0.15) is 0 Å². The Balaban J connectivity index is 1.64. The lowest BCUT2D eigenvalue weighted by molar-refractivity contribution is 0.0927. The molecule has 1 aromatic carbocycles. The molecule has 4 heteroatoms. The molecule has 3 rings (SSSR count). The van der Waals surface area contributed by atoms with Crippen LogP contribution in [0.1, 0.15) is 41.3 Å². The Bertz CT molecular complexity index is 479. The molecule has 1 aromatic rings. The lowest BCUT2D eigenvalue weighted by Gasteiger charge is -2.28. The third kappa shape index (κ3) is 2.80. The van der Waals surface area contributed by atoms with Crippen molar-refractivity contribution in [1.82, 2.24) is 10.6 Å². The fraction of sp³-hybridized carbons (Fsp3) is 0.533. The molecule has 19 heavy (non-hydrogen) atoms. The molecule has 1 fully saturated rings. The van der Waals surface area contributed by atoms with E-state index in [1.807, 2.05) is 18.2 Å². The zero-order valence-corrected chi connectivity index (χ0v) is 11.2. The van der Waals surface area contributed by atoms with Crippen molar-refractivity contribution < 1.29 is 9.53 Å². The van der Waals surface area contributed by atoms with Crippen molar-refractivity contribution in [2.45, 2.75) is 45.1 Å². The minimum Gasteiger partial charge on any atom is -0.372 e. The average Bonchev–Trinajstić information content (AvgIpc) is 2.88. The topological polar surface area (TPSA) is 50.4 Å². The SMILES string of the molecule is CC1CCC(NC(=O)c2ccc3c(c2)COC3)CN1. The fourth-order valence-electron chi connectivity index (χ4n) is 2.70. The number of rotatable bonds is 2. The highest BCUT2D eigenvalue weighted by Gasteiger charge is 2.20. The van der Waals surface area contributed by atoms with Gasteiger partial charge in [0, 0.05) is 24.2 Å². The van der Waals surface area contributed by atoms with Crippen molar-refractivity contribution in [3.63, 3.8) is 0 Å². The molecule has 0 saturated carbocycles. The molecule has 2 unspecified atom stereocenters. The Morgan fingerprint density at radius 2 is 2.16 bits per heavy atom. The smallest absolute Gasteiger partial charge is 0.251 e. The van der Waals surface area contributed by atoms with Gasteiger partial charge >= 0.3 is 0 Å². The summed E-state index contributed by atoms with van der Waals surface area (Å²) in [4.78, 5) is 12.2. The second-order valence-corrected chi connectivity index (χ2v) is 5.53. The number of benzene rings is 1. The van der Waals surface area contributed by atoms with Crippen LogP contribution in [-0.2, 0) is 18.0 Å². The average molecular weight is 260 g/mol. The van der Waals surface area contributed by atoms with Crippen LogP contribution in [0.3, 0.4) is 0 Å². The van der Waals surface area contributed by atoms with Crippen molar-refractivity contribution in [2.75, 3.05) is 6.54 Å². The second-order valence-electron chi connectivity index (χ2n) is 5.53. The summed E-state index contributed by atoms with van der Waals surface area (Å²) < 4.78 is 5.37. The summed E-state index contributed by atoms with van der Waals surface area (Å²) in [6, 6.07) is 6.65. The van der Waals surface area contributed by atoms with E-state index in [1.165, 1.54) is 5.56 Å². The Kier molecular flexibility index (Phi) is 3.53. The molecule has 0 radical (unpaired) electrons. The summed E-state index contributed by atoms with van der Waals surface area (Å²) >= 11 is 0. The highest BCUT2D eigenvalue weighted by atomic mass is 16.5. The zero-order valence-electron chi connectivity index (χ0n) is 11.2. The number of amides is 1. The summed E-state index contributed by atoms with van der Waals surface area (Å²) in [7, 11) is 0. The van der Waals surface area contributed by atoms with E-state index in [4.69, 9.17) is 4.74 Å². The summed E-state index contributed by atoms with van der Waals surface area (Å²) in [5.41, 5.74) is 3.08. The first-order chi connectivity index (χ1) is 9.22. The number of carbonyl (C=O) groups excluding carboxylic acids is 1. The number of piperidine rings is 1. The van der Waals surface area contributed by atoms with E-state index in [1.54, 1.807) is 0 Å². The van der Waals surface area contributed by atoms with Gasteiger partial charge in [-0.3, -0.25) is 4.79 Å². The molecule has 2 aliphatic heterocycles. The second kappa shape index (κ2) is 5.31. The molecule has 102 valence electrons. The van der Waals surface area contributed by atoms with Crippen LogP contribution in [-0.4, -0.2) is 24.5 Å². The molecular weight excluding hydrogens is 240 g/mol. The van der Waals surface area contributed by atoms with Crippen LogP contribution in [0.5, 0.6) is 0 Å². The van der Waals surface area contributed by atoms with Gasteiger partial charge in [0.25, 0.3) is 5.91 Å². The lowest BCUT2D eigenvalue weighted by atomic mass is 10.0. The Morgan fingerprint density at radius 3 is 2.95 bits per heavy atom. The number of carbonyl (C=O) groups is 1. The fourth-order valence-corrected chi connectivity index (χ4v) is 2.70. The van der Waals surface area contributed by atoms with E-state index in [9.17, 15) is 4.79 Å². The molecule has 0 bridgehead atoms. The monoisotopic (exact) mass is 260 g/mol. The summed E-state index contributed by atoms with van der Waals surface area (Å²) in [5, 5.41) is 6.50. The predicted octanol–water partition coefficient (Wildman–Crippen LogP) is 1.59.